The van der Waals surface area contributed by atoms with Crippen LogP contribution in [0.25, 0.3) is 0 Å². The first-order valence-corrected chi connectivity index (χ1v) is 12.9. The molecule has 2 aromatic carbocycles. The van der Waals surface area contributed by atoms with E-state index in [1.807, 2.05) is 18.2 Å². The molecule has 2 fully saturated rings. The van der Waals surface area contributed by atoms with Crippen molar-refractivity contribution in [3.05, 3.63) is 64.7 Å². The first-order chi connectivity index (χ1) is 18.8. The molecule has 1 atom stereocenters. The number of hydrogen-bond donors (Lipinski definition) is 2. The molecule has 10 nitrogen and oxygen atoms in total. The van der Waals surface area contributed by atoms with Crippen molar-refractivity contribution in [2.24, 2.45) is 10.6 Å². The summed E-state index contributed by atoms with van der Waals surface area (Å²) in [6.45, 7) is 3.75. The minimum absolute atomic E-state index is 0.00376. The minimum atomic E-state index is -1.35. The summed E-state index contributed by atoms with van der Waals surface area (Å²) in [5, 5.41) is 15.7. The molecule has 0 aromatic heterocycles. The van der Waals surface area contributed by atoms with Crippen LogP contribution in [-0.2, 0) is 16.1 Å². The Labute approximate surface area is 227 Å². The van der Waals surface area contributed by atoms with Crippen LogP contribution in [0.15, 0.2) is 47.6 Å². The second-order valence-corrected chi connectivity index (χ2v) is 10.2. The molecule has 2 N–H and O–H groups in total. The van der Waals surface area contributed by atoms with Gasteiger partial charge in [-0.1, -0.05) is 23.1 Å². The van der Waals surface area contributed by atoms with Gasteiger partial charge in [-0.05, 0) is 62.0 Å². The largest absolute Gasteiger partial charge is 0.497 e. The van der Waals surface area contributed by atoms with Gasteiger partial charge in [-0.25, -0.2) is 0 Å². The molecule has 5 rings (SSSR count). The van der Waals surface area contributed by atoms with Gasteiger partial charge in [0, 0.05) is 49.4 Å². The normalized spacial score (nSPS) is 21.8. The van der Waals surface area contributed by atoms with Gasteiger partial charge >= 0.3 is 0 Å². The van der Waals surface area contributed by atoms with Crippen LogP contribution in [-0.4, -0.2) is 90.3 Å². The maximum Gasteiger partial charge on any atom is 0.254 e. The van der Waals surface area contributed by atoms with Crippen molar-refractivity contribution in [2.45, 2.75) is 19.4 Å². The van der Waals surface area contributed by atoms with Gasteiger partial charge in [0.1, 0.15) is 11.2 Å². The second-order valence-electron chi connectivity index (χ2n) is 10.2. The molecule has 202 valence electrons. The quantitative estimate of drug-likeness (QED) is 0.154. The Hall–Kier alpha value is -4.36. The Bertz CT molecular complexity index is 1390. The van der Waals surface area contributed by atoms with Gasteiger partial charge in [0.15, 0.2) is 5.84 Å². The average molecular weight is 530 g/mol. The average Bonchev–Trinajstić information content (AvgIpc) is 3.28. The van der Waals surface area contributed by atoms with Gasteiger partial charge in [0.05, 0.1) is 13.5 Å². The first kappa shape index (κ1) is 26.3. The smallest absolute Gasteiger partial charge is 0.254 e. The standard InChI is InChI=1S/C29H31N5O5/c1-32-12-3-13-33(15-14-32)26(31-38)21-6-4-20(5-7-21)10-11-29(17-25(35)30-28(29)37)19-34-18-22-8-9-23(39-2)16-24(22)27(34)36/h4-9,16,38H,3,12-15,17-19H2,1-2H3,(H,30,35,37)/b31-26-/t29-/m1/s1. The van der Waals surface area contributed by atoms with Gasteiger partial charge in [0.2, 0.25) is 11.8 Å². The zero-order valence-electron chi connectivity index (χ0n) is 22.1. The molecule has 2 aromatic rings. The number of carbonyl (C=O) groups excluding carboxylic acids is 3. The summed E-state index contributed by atoms with van der Waals surface area (Å²) in [5.74, 6) is 6.01. The number of rotatable bonds is 4. The molecule has 2 saturated heterocycles. The van der Waals surface area contributed by atoms with E-state index in [2.05, 4.69) is 39.2 Å². The van der Waals surface area contributed by atoms with E-state index in [0.29, 0.717) is 29.3 Å². The second kappa shape index (κ2) is 10.8. The molecular formula is C29H31N5O5. The fraction of sp³-hybridized carbons (Fsp3) is 0.379. The van der Waals surface area contributed by atoms with Gasteiger partial charge < -0.3 is 24.6 Å². The molecule has 0 spiro atoms. The number of methoxy groups -OCH3 is 1. The van der Waals surface area contributed by atoms with Gasteiger partial charge in [0.25, 0.3) is 5.91 Å². The number of nitrogens with zero attached hydrogens (tertiary/aromatic N) is 4. The topological polar surface area (TPSA) is 115 Å². The zero-order valence-corrected chi connectivity index (χ0v) is 22.1. The summed E-state index contributed by atoms with van der Waals surface area (Å²) in [6.07, 6.45) is 0.852. The molecule has 0 unspecified atom stereocenters. The Kier molecular flexibility index (Phi) is 7.26. The van der Waals surface area contributed by atoms with Crippen LogP contribution in [0.2, 0.25) is 0 Å². The van der Waals surface area contributed by atoms with E-state index in [4.69, 9.17) is 4.74 Å². The van der Waals surface area contributed by atoms with Gasteiger partial charge in [-0.2, -0.15) is 0 Å². The molecule has 0 radical (unpaired) electrons. The van der Waals surface area contributed by atoms with E-state index in [1.165, 1.54) is 7.11 Å². The van der Waals surface area contributed by atoms with E-state index in [1.54, 1.807) is 29.2 Å². The molecule has 39 heavy (non-hydrogen) atoms. The number of amides is 3. The molecule has 3 amide bonds. The van der Waals surface area contributed by atoms with Crippen molar-refractivity contribution in [3.8, 4) is 17.6 Å². The van der Waals surface area contributed by atoms with Gasteiger partial charge in [-0.15, -0.1) is 0 Å². The number of imide groups is 1. The number of carbonyl (C=O) groups is 3. The maximum atomic E-state index is 13.1. The molecule has 0 saturated carbocycles. The highest BCUT2D eigenvalue weighted by molar-refractivity contribution is 6.08. The van der Waals surface area contributed by atoms with Crippen molar-refractivity contribution in [3.63, 3.8) is 0 Å². The summed E-state index contributed by atoms with van der Waals surface area (Å²) in [6, 6.07) is 12.6. The van der Waals surface area contributed by atoms with Crippen LogP contribution in [0.4, 0.5) is 0 Å². The van der Waals surface area contributed by atoms with Crippen molar-refractivity contribution in [1.29, 1.82) is 0 Å². The molecule has 3 aliphatic heterocycles. The molecule has 0 bridgehead atoms. The summed E-state index contributed by atoms with van der Waals surface area (Å²) < 4.78 is 5.24. The summed E-state index contributed by atoms with van der Waals surface area (Å²) in [7, 11) is 3.61. The Morgan fingerprint density at radius 2 is 1.90 bits per heavy atom. The number of nitrogens with one attached hydrogen (secondary N) is 1. The van der Waals surface area contributed by atoms with Crippen molar-refractivity contribution in [1.82, 2.24) is 20.0 Å². The minimum Gasteiger partial charge on any atom is -0.497 e. The van der Waals surface area contributed by atoms with Crippen LogP contribution in [0, 0.1) is 17.3 Å². The molecule has 3 heterocycles. The van der Waals surface area contributed by atoms with E-state index in [0.717, 1.165) is 43.7 Å². The van der Waals surface area contributed by atoms with E-state index in [-0.39, 0.29) is 18.9 Å². The third kappa shape index (κ3) is 5.31. The lowest BCUT2D eigenvalue weighted by molar-refractivity contribution is -0.127. The lowest BCUT2D eigenvalue weighted by Crippen LogP contribution is -2.42. The highest BCUT2D eigenvalue weighted by Gasteiger charge is 2.48. The fourth-order valence-electron chi connectivity index (χ4n) is 5.29. The number of amidine groups is 1. The predicted octanol–water partition coefficient (Wildman–Crippen LogP) is 1.51. The molecule has 0 aliphatic carbocycles. The Morgan fingerprint density at radius 3 is 2.59 bits per heavy atom. The van der Waals surface area contributed by atoms with Gasteiger partial charge in [-0.3, -0.25) is 19.7 Å². The fourth-order valence-corrected chi connectivity index (χ4v) is 5.29. The zero-order chi connectivity index (χ0) is 27.6. The van der Waals surface area contributed by atoms with Crippen LogP contribution in [0.5, 0.6) is 5.75 Å². The monoisotopic (exact) mass is 529 g/mol. The number of oxime groups is 1. The Morgan fingerprint density at radius 1 is 1.10 bits per heavy atom. The highest BCUT2D eigenvalue weighted by atomic mass is 16.5. The molecular weight excluding hydrogens is 498 g/mol. The summed E-state index contributed by atoms with van der Waals surface area (Å²) in [5.41, 5.74) is 1.40. The molecule has 10 heteroatoms. The summed E-state index contributed by atoms with van der Waals surface area (Å²) in [4.78, 5) is 44.2. The van der Waals surface area contributed by atoms with Crippen LogP contribution in [0.3, 0.4) is 0 Å². The van der Waals surface area contributed by atoms with Crippen molar-refractivity contribution >= 4 is 23.6 Å². The number of ether oxygens (including phenoxy) is 1. The third-order valence-corrected chi connectivity index (χ3v) is 7.51. The number of fused-ring (bicyclic) bond motifs is 1. The van der Waals surface area contributed by atoms with Crippen molar-refractivity contribution in [2.75, 3.05) is 46.9 Å². The maximum absolute atomic E-state index is 13.1. The SMILES string of the molecule is COc1ccc2c(c1)C(=O)N(C[C@@]1(C#Cc3ccc(/C(=N/O)N4CCCN(C)CC4)cc3)CC(=O)NC1=O)C2. The molecule has 3 aliphatic rings. The van der Waals surface area contributed by atoms with Crippen LogP contribution in [0.1, 0.15) is 39.9 Å². The number of hydrogen-bond acceptors (Lipinski definition) is 7. The Balaban J connectivity index is 1.36. The lowest BCUT2D eigenvalue weighted by atomic mass is 9.85. The first-order valence-electron chi connectivity index (χ1n) is 12.9. The van der Waals surface area contributed by atoms with Crippen LogP contribution < -0.4 is 10.1 Å². The summed E-state index contributed by atoms with van der Waals surface area (Å²) >= 11 is 0. The van der Waals surface area contributed by atoms with Crippen LogP contribution >= 0.6 is 0 Å². The highest BCUT2D eigenvalue weighted by Crippen LogP contribution is 2.33. The van der Waals surface area contributed by atoms with Crippen molar-refractivity contribution < 1.29 is 24.3 Å². The lowest BCUT2D eigenvalue weighted by Gasteiger charge is -2.25. The van der Waals surface area contributed by atoms with E-state index < -0.39 is 17.2 Å². The van der Waals surface area contributed by atoms with E-state index in [9.17, 15) is 19.6 Å². The number of benzene rings is 2. The predicted molar refractivity (Wildman–Crippen MR) is 143 cm³/mol. The van der Waals surface area contributed by atoms with E-state index >= 15 is 0 Å². The number of likely N-dealkylation sites (N-methyl/N-ethyl adjacent to an activating group) is 1. The third-order valence-electron chi connectivity index (χ3n) is 7.51.